The molecule has 0 spiro atoms. The predicted octanol–water partition coefficient (Wildman–Crippen LogP) is 5.85. The van der Waals surface area contributed by atoms with Crippen LogP contribution in [0.5, 0.6) is 11.5 Å². The molecule has 1 heterocycles. The van der Waals surface area contributed by atoms with Crippen LogP contribution in [-0.4, -0.2) is 23.2 Å². The van der Waals surface area contributed by atoms with Gasteiger partial charge < -0.3 is 14.9 Å². The maximum Gasteiger partial charge on any atom is 0.305 e. The monoisotopic (exact) mass is 400 g/mol. The second-order valence-electron chi connectivity index (χ2n) is 9.41. The summed E-state index contributed by atoms with van der Waals surface area (Å²) in [6.45, 7) is 13.4. The third-order valence-corrected chi connectivity index (χ3v) is 7.14. The van der Waals surface area contributed by atoms with Crippen LogP contribution in [0.1, 0.15) is 55.8 Å². The Morgan fingerprint density at radius 3 is 2.04 bits per heavy atom. The van der Waals surface area contributed by atoms with Gasteiger partial charge in [-0.05, 0) is 78.0 Å². The Morgan fingerprint density at radius 1 is 0.964 bits per heavy atom. The highest BCUT2D eigenvalue weighted by molar-refractivity contribution is 6.57. The van der Waals surface area contributed by atoms with Crippen LogP contribution in [-0.2, 0) is 0 Å². The lowest BCUT2D eigenvalue weighted by Crippen LogP contribution is -2.34. The number of aliphatic hydroxyl groups excluding tert-OH is 1. The number of aryl methyl sites for hydroxylation is 3. The van der Waals surface area contributed by atoms with Gasteiger partial charge in [0, 0.05) is 10.8 Å². The summed E-state index contributed by atoms with van der Waals surface area (Å²) >= 11 is 6.14. The average molecular weight is 401 g/mol. The van der Waals surface area contributed by atoms with Crippen molar-refractivity contribution in [2.45, 2.75) is 65.7 Å². The first kappa shape index (κ1) is 21.2. The first-order chi connectivity index (χ1) is 12.9. The SMILES string of the molecule is Cc1cc(Oc2c(C)cc(Cl)cc2C)cc(C2B(O)C(C)(C)C(C)(C)C2O)c1. The topological polar surface area (TPSA) is 49.7 Å². The quantitative estimate of drug-likeness (QED) is 0.636. The normalized spacial score (nSPS) is 23.1. The number of hydrogen-bond donors (Lipinski definition) is 2. The van der Waals surface area contributed by atoms with Crippen LogP contribution in [0.3, 0.4) is 0 Å². The van der Waals surface area contributed by atoms with E-state index in [1.807, 2.05) is 78.8 Å². The van der Waals surface area contributed by atoms with Gasteiger partial charge in [0.15, 0.2) is 0 Å². The molecule has 2 aromatic rings. The second kappa shape index (κ2) is 7.09. The van der Waals surface area contributed by atoms with Crippen LogP contribution in [0, 0.1) is 26.2 Å². The first-order valence-corrected chi connectivity index (χ1v) is 10.2. The summed E-state index contributed by atoms with van der Waals surface area (Å²) in [5, 5.41) is 22.4. The van der Waals surface area contributed by atoms with E-state index in [1.54, 1.807) is 0 Å². The summed E-state index contributed by atoms with van der Waals surface area (Å²) in [4.78, 5) is 0. The van der Waals surface area contributed by atoms with Gasteiger partial charge in [0.05, 0.1) is 6.10 Å². The molecular formula is C23H30BClO3. The van der Waals surface area contributed by atoms with E-state index in [-0.39, 0.29) is 5.82 Å². The zero-order chi connectivity index (χ0) is 21.0. The van der Waals surface area contributed by atoms with E-state index in [2.05, 4.69) is 0 Å². The molecule has 1 aliphatic rings. The van der Waals surface area contributed by atoms with Gasteiger partial charge in [-0.15, -0.1) is 0 Å². The number of halogens is 1. The number of ether oxygens (including phenoxy) is 1. The van der Waals surface area contributed by atoms with E-state index in [1.165, 1.54) is 0 Å². The number of aliphatic hydroxyl groups is 1. The van der Waals surface area contributed by atoms with Crippen molar-refractivity contribution in [1.82, 2.24) is 0 Å². The van der Waals surface area contributed by atoms with Gasteiger partial charge in [-0.3, -0.25) is 0 Å². The summed E-state index contributed by atoms with van der Waals surface area (Å²) in [6, 6.07) is 9.71. The molecule has 28 heavy (non-hydrogen) atoms. The van der Waals surface area contributed by atoms with Crippen LogP contribution >= 0.6 is 11.6 Å². The molecule has 0 aliphatic carbocycles. The highest BCUT2D eigenvalue weighted by atomic mass is 35.5. The molecular weight excluding hydrogens is 371 g/mol. The van der Waals surface area contributed by atoms with Crippen LogP contribution in [0.2, 0.25) is 10.3 Å². The molecule has 0 bridgehead atoms. The minimum Gasteiger partial charge on any atom is -0.457 e. The fourth-order valence-corrected chi connectivity index (χ4v) is 4.73. The lowest BCUT2D eigenvalue weighted by Gasteiger charge is -2.37. The zero-order valence-corrected chi connectivity index (χ0v) is 18.6. The number of hydrogen-bond acceptors (Lipinski definition) is 3. The molecule has 0 aromatic heterocycles. The summed E-state index contributed by atoms with van der Waals surface area (Å²) in [6.07, 6.45) is -0.647. The smallest absolute Gasteiger partial charge is 0.305 e. The van der Waals surface area contributed by atoms with Crippen molar-refractivity contribution in [3.63, 3.8) is 0 Å². The van der Waals surface area contributed by atoms with Gasteiger partial charge in [-0.1, -0.05) is 45.4 Å². The maximum absolute atomic E-state index is 11.1. The summed E-state index contributed by atoms with van der Waals surface area (Å²) in [7, 11) is 0. The number of rotatable bonds is 3. The van der Waals surface area contributed by atoms with Crippen molar-refractivity contribution in [3.8, 4) is 11.5 Å². The van der Waals surface area contributed by atoms with Crippen molar-refractivity contribution in [2.24, 2.45) is 5.41 Å². The van der Waals surface area contributed by atoms with Crippen molar-refractivity contribution >= 4 is 18.5 Å². The molecule has 2 N–H and O–H groups in total. The largest absolute Gasteiger partial charge is 0.457 e. The standard InChI is InChI=1S/C23H30BClO3/c1-13-8-16(19-21(26)22(4,5)23(6,7)24(19)27)12-18(9-13)28-20-14(2)10-17(25)11-15(20)3/h8-12,19,21,26-27H,1-7H3. The highest BCUT2D eigenvalue weighted by Crippen LogP contribution is 2.61. The molecule has 5 heteroatoms. The summed E-state index contributed by atoms with van der Waals surface area (Å²) in [5.74, 6) is 1.12. The lowest BCUT2D eigenvalue weighted by atomic mass is 9.41. The van der Waals surface area contributed by atoms with Crippen LogP contribution < -0.4 is 4.74 Å². The van der Waals surface area contributed by atoms with E-state index in [9.17, 15) is 10.1 Å². The van der Waals surface area contributed by atoms with Crippen molar-refractivity contribution < 1.29 is 14.9 Å². The molecule has 2 aromatic carbocycles. The van der Waals surface area contributed by atoms with Crippen molar-refractivity contribution in [3.05, 3.63) is 57.6 Å². The Balaban J connectivity index is 2.02. The average Bonchev–Trinajstić information content (AvgIpc) is 2.68. The molecule has 3 rings (SSSR count). The van der Waals surface area contributed by atoms with Gasteiger partial charge in [0.1, 0.15) is 11.5 Å². The predicted molar refractivity (Wildman–Crippen MR) is 117 cm³/mol. The Morgan fingerprint density at radius 2 is 1.54 bits per heavy atom. The fourth-order valence-electron chi connectivity index (χ4n) is 4.40. The van der Waals surface area contributed by atoms with E-state index < -0.39 is 23.7 Å². The third-order valence-electron chi connectivity index (χ3n) is 6.92. The molecule has 2 atom stereocenters. The molecule has 2 unspecified atom stereocenters. The fraction of sp³-hybridized carbons (Fsp3) is 0.478. The van der Waals surface area contributed by atoms with Crippen LogP contribution in [0.15, 0.2) is 30.3 Å². The van der Waals surface area contributed by atoms with E-state index in [0.29, 0.717) is 10.8 Å². The van der Waals surface area contributed by atoms with Crippen LogP contribution in [0.4, 0.5) is 0 Å². The van der Waals surface area contributed by atoms with Crippen molar-refractivity contribution in [2.75, 3.05) is 0 Å². The Kier molecular flexibility index (Phi) is 5.37. The van der Waals surface area contributed by atoms with Gasteiger partial charge in [0.2, 0.25) is 0 Å². The molecule has 3 nitrogen and oxygen atoms in total. The lowest BCUT2D eigenvalue weighted by molar-refractivity contribution is 0.0406. The van der Waals surface area contributed by atoms with E-state index in [0.717, 1.165) is 28.0 Å². The molecule has 0 radical (unpaired) electrons. The minimum atomic E-state index is -0.647. The van der Waals surface area contributed by atoms with Gasteiger partial charge in [0.25, 0.3) is 0 Å². The van der Waals surface area contributed by atoms with Gasteiger partial charge >= 0.3 is 6.92 Å². The number of benzene rings is 2. The molecule has 150 valence electrons. The van der Waals surface area contributed by atoms with Crippen molar-refractivity contribution in [1.29, 1.82) is 0 Å². The first-order valence-electron chi connectivity index (χ1n) is 9.78. The van der Waals surface area contributed by atoms with E-state index >= 15 is 0 Å². The highest BCUT2D eigenvalue weighted by Gasteiger charge is 2.62. The minimum absolute atomic E-state index is 0.361. The van der Waals surface area contributed by atoms with Gasteiger partial charge in [-0.2, -0.15) is 0 Å². The third kappa shape index (κ3) is 3.36. The molecule has 1 fully saturated rings. The zero-order valence-electron chi connectivity index (χ0n) is 17.8. The summed E-state index contributed by atoms with van der Waals surface area (Å²) < 4.78 is 6.23. The summed E-state index contributed by atoms with van der Waals surface area (Å²) in [5.41, 5.74) is 3.45. The van der Waals surface area contributed by atoms with Gasteiger partial charge in [-0.25, -0.2) is 0 Å². The molecule has 1 aliphatic heterocycles. The Hall–Kier alpha value is -1.49. The molecule has 1 saturated heterocycles. The van der Waals surface area contributed by atoms with Crippen LogP contribution in [0.25, 0.3) is 0 Å². The van der Waals surface area contributed by atoms with E-state index in [4.69, 9.17) is 16.3 Å². The Bertz CT molecular complexity index is 864. The Labute approximate surface area is 173 Å². The molecule has 0 saturated carbocycles. The maximum atomic E-state index is 11.1. The second-order valence-corrected chi connectivity index (χ2v) is 9.85. The molecule has 0 amide bonds.